The van der Waals surface area contributed by atoms with Gasteiger partial charge in [-0.15, -0.1) is 0 Å². The number of ether oxygens (including phenoxy) is 1. The maximum absolute atomic E-state index is 13.3. The molecule has 0 saturated heterocycles. The molecule has 4 heteroatoms. The van der Waals surface area contributed by atoms with Gasteiger partial charge in [-0.05, 0) is 81.5 Å². The molecule has 27 heavy (non-hydrogen) atoms. The summed E-state index contributed by atoms with van der Waals surface area (Å²) in [7, 11) is 0. The van der Waals surface area contributed by atoms with Crippen molar-refractivity contribution in [2.75, 3.05) is 0 Å². The number of rotatable bonds is 2. The summed E-state index contributed by atoms with van der Waals surface area (Å²) in [4.78, 5) is 36.9. The molecule has 7 atom stereocenters. The van der Waals surface area contributed by atoms with Crippen molar-refractivity contribution < 1.29 is 19.1 Å². The molecule has 0 radical (unpaired) electrons. The number of fused-ring (bicyclic) bond motifs is 5. The second kappa shape index (κ2) is 6.28. The van der Waals surface area contributed by atoms with E-state index in [1.54, 1.807) is 6.92 Å². The van der Waals surface area contributed by atoms with Gasteiger partial charge in [-0.25, -0.2) is 0 Å². The summed E-state index contributed by atoms with van der Waals surface area (Å²) in [5.41, 5.74) is 0.350. The molecule has 3 fully saturated rings. The van der Waals surface area contributed by atoms with Crippen LogP contribution in [0.15, 0.2) is 11.6 Å². The molecule has 0 aromatic heterocycles. The van der Waals surface area contributed by atoms with E-state index in [-0.39, 0.29) is 35.0 Å². The number of hydrogen-bond acceptors (Lipinski definition) is 4. The van der Waals surface area contributed by atoms with Crippen molar-refractivity contribution in [2.24, 2.45) is 34.5 Å². The van der Waals surface area contributed by atoms with Crippen molar-refractivity contribution in [3.8, 4) is 0 Å². The van der Waals surface area contributed by atoms with Gasteiger partial charge in [0.15, 0.2) is 5.78 Å². The van der Waals surface area contributed by atoms with E-state index in [0.717, 1.165) is 44.1 Å². The molecule has 4 aliphatic rings. The second-order valence-corrected chi connectivity index (χ2v) is 9.90. The van der Waals surface area contributed by atoms with E-state index in [1.165, 1.54) is 6.92 Å². The number of allylic oxidation sites excluding steroid dienone is 2. The Hall–Kier alpha value is -1.45. The normalized spacial score (nSPS) is 46.0. The quantitative estimate of drug-likeness (QED) is 0.679. The van der Waals surface area contributed by atoms with Crippen molar-refractivity contribution in [1.82, 2.24) is 0 Å². The highest BCUT2D eigenvalue weighted by Gasteiger charge is 2.62. The van der Waals surface area contributed by atoms with Gasteiger partial charge in [0, 0.05) is 18.9 Å². The van der Waals surface area contributed by atoms with Gasteiger partial charge in [0.1, 0.15) is 11.9 Å². The highest BCUT2D eigenvalue weighted by molar-refractivity contribution is 6.04. The molecule has 4 nitrogen and oxygen atoms in total. The Morgan fingerprint density at radius 3 is 2.52 bits per heavy atom. The number of hydrogen-bond donors (Lipinski definition) is 0. The van der Waals surface area contributed by atoms with Crippen LogP contribution in [-0.4, -0.2) is 23.6 Å². The molecule has 4 aliphatic carbocycles. The van der Waals surface area contributed by atoms with Crippen LogP contribution in [0.2, 0.25) is 0 Å². The molecule has 0 heterocycles. The first-order valence-corrected chi connectivity index (χ1v) is 10.6. The predicted octanol–water partition coefficient (Wildman–Crippen LogP) is 4.27. The predicted molar refractivity (Wildman–Crippen MR) is 102 cm³/mol. The Morgan fingerprint density at radius 2 is 1.85 bits per heavy atom. The van der Waals surface area contributed by atoms with E-state index in [9.17, 15) is 14.4 Å². The summed E-state index contributed by atoms with van der Waals surface area (Å²) in [6.07, 6.45) is 8.72. The molecule has 0 unspecified atom stereocenters. The average molecular weight is 373 g/mol. The molecule has 0 amide bonds. The monoisotopic (exact) mass is 372 g/mol. The Bertz CT molecular complexity index is 722. The van der Waals surface area contributed by atoms with Crippen LogP contribution in [0.3, 0.4) is 0 Å². The SMILES string of the molecule is CC(=O)O[C@@H]1CC[C@]2(C)[C@@H](CC[C@@H]3[C@H]2CC(=O)[C@@]2(C)C(C(C)=O)=CC[C@@H]32)C1. The van der Waals surface area contributed by atoms with Crippen molar-refractivity contribution in [1.29, 1.82) is 0 Å². The maximum Gasteiger partial charge on any atom is 0.302 e. The highest BCUT2D eigenvalue weighted by Crippen LogP contribution is 2.65. The first-order valence-electron chi connectivity index (χ1n) is 10.6. The van der Waals surface area contributed by atoms with Crippen molar-refractivity contribution >= 4 is 17.5 Å². The fourth-order valence-electron chi connectivity index (χ4n) is 7.38. The molecule has 0 spiro atoms. The van der Waals surface area contributed by atoms with Crippen LogP contribution in [0, 0.1) is 34.5 Å². The zero-order chi connectivity index (χ0) is 19.6. The number of ketones is 2. The third kappa shape index (κ3) is 2.66. The fourth-order valence-corrected chi connectivity index (χ4v) is 7.38. The summed E-state index contributed by atoms with van der Waals surface area (Å²) in [6.45, 7) is 7.50. The largest absolute Gasteiger partial charge is 0.463 e. The van der Waals surface area contributed by atoms with Crippen LogP contribution >= 0.6 is 0 Å². The lowest BCUT2D eigenvalue weighted by Crippen LogP contribution is -2.57. The van der Waals surface area contributed by atoms with E-state index in [1.807, 2.05) is 6.92 Å². The van der Waals surface area contributed by atoms with E-state index >= 15 is 0 Å². The average Bonchev–Trinajstić information content (AvgIpc) is 2.95. The van der Waals surface area contributed by atoms with Gasteiger partial charge < -0.3 is 4.74 Å². The van der Waals surface area contributed by atoms with E-state index in [2.05, 4.69) is 13.0 Å². The summed E-state index contributed by atoms with van der Waals surface area (Å²) in [6, 6.07) is 0. The van der Waals surface area contributed by atoms with Gasteiger partial charge in [0.05, 0.1) is 5.41 Å². The molecular formula is C23H32O4. The van der Waals surface area contributed by atoms with Gasteiger partial charge in [-0.2, -0.15) is 0 Å². The minimum absolute atomic E-state index is 0.0409. The molecule has 148 valence electrons. The molecule has 3 saturated carbocycles. The molecular weight excluding hydrogens is 340 g/mol. The van der Waals surface area contributed by atoms with Gasteiger partial charge in [0.2, 0.25) is 0 Å². The van der Waals surface area contributed by atoms with Crippen LogP contribution in [0.4, 0.5) is 0 Å². The summed E-state index contributed by atoms with van der Waals surface area (Å²) in [5.74, 6) is 1.88. The third-order valence-electron chi connectivity index (χ3n) is 8.79. The lowest BCUT2D eigenvalue weighted by molar-refractivity contribution is -0.163. The molecule has 4 rings (SSSR count). The minimum atomic E-state index is -0.564. The number of esters is 1. The Kier molecular flexibility index (Phi) is 4.40. The lowest BCUT2D eigenvalue weighted by Gasteiger charge is -2.60. The van der Waals surface area contributed by atoms with Gasteiger partial charge in [0.25, 0.3) is 0 Å². The van der Waals surface area contributed by atoms with Crippen LogP contribution in [0.5, 0.6) is 0 Å². The molecule has 0 aliphatic heterocycles. The maximum atomic E-state index is 13.3. The molecule has 0 aromatic rings. The first kappa shape index (κ1) is 18.9. The summed E-state index contributed by atoms with van der Waals surface area (Å²) >= 11 is 0. The first-order chi connectivity index (χ1) is 12.7. The van der Waals surface area contributed by atoms with E-state index in [4.69, 9.17) is 4.74 Å². The zero-order valence-electron chi connectivity index (χ0n) is 17.0. The van der Waals surface area contributed by atoms with Gasteiger partial charge in [-0.3, -0.25) is 14.4 Å². The lowest BCUT2D eigenvalue weighted by atomic mass is 9.44. The van der Waals surface area contributed by atoms with Crippen LogP contribution < -0.4 is 0 Å². The van der Waals surface area contributed by atoms with E-state index < -0.39 is 5.41 Å². The Balaban J connectivity index is 1.60. The van der Waals surface area contributed by atoms with Crippen molar-refractivity contribution in [3.05, 3.63) is 11.6 Å². The summed E-state index contributed by atoms with van der Waals surface area (Å²) < 4.78 is 5.52. The van der Waals surface area contributed by atoms with E-state index in [0.29, 0.717) is 24.2 Å². The van der Waals surface area contributed by atoms with Gasteiger partial charge in [-0.1, -0.05) is 13.0 Å². The highest BCUT2D eigenvalue weighted by atomic mass is 16.5. The standard InChI is InChI=1S/C23H32O4/c1-13(24)18-7-8-19-17-6-5-15-11-16(27-14(2)25)9-10-22(15,3)20(17)12-21(26)23(18,19)4/h7,15-17,19-20H,5-6,8-12H2,1-4H3/t15-,16+,17-,19-,20+,22+,23-/m0/s1. The molecule has 0 N–H and O–H groups in total. The minimum Gasteiger partial charge on any atom is -0.463 e. The Morgan fingerprint density at radius 1 is 1.11 bits per heavy atom. The number of Topliss-reactive ketones (excluding diaryl/α,β-unsaturated/α-hetero) is 2. The van der Waals surface area contributed by atoms with Crippen LogP contribution in [0.25, 0.3) is 0 Å². The van der Waals surface area contributed by atoms with Crippen LogP contribution in [0.1, 0.15) is 72.6 Å². The second-order valence-electron chi connectivity index (χ2n) is 9.90. The summed E-state index contributed by atoms with van der Waals surface area (Å²) in [5, 5.41) is 0. The zero-order valence-corrected chi connectivity index (χ0v) is 17.0. The number of carbonyl (C=O) groups is 3. The topological polar surface area (TPSA) is 60.4 Å². The van der Waals surface area contributed by atoms with Crippen LogP contribution in [-0.2, 0) is 19.1 Å². The van der Waals surface area contributed by atoms with Crippen molar-refractivity contribution in [3.63, 3.8) is 0 Å². The molecule has 0 aromatic carbocycles. The smallest absolute Gasteiger partial charge is 0.302 e. The molecule has 0 bridgehead atoms. The Labute approximate surface area is 162 Å². The van der Waals surface area contributed by atoms with Gasteiger partial charge >= 0.3 is 5.97 Å². The fraction of sp³-hybridized carbons (Fsp3) is 0.783. The van der Waals surface area contributed by atoms with Crippen molar-refractivity contribution in [2.45, 2.75) is 78.7 Å². The third-order valence-corrected chi connectivity index (χ3v) is 8.79. The number of carbonyl (C=O) groups excluding carboxylic acids is 3.